The van der Waals surface area contributed by atoms with Crippen LogP contribution < -0.4 is 20.9 Å². The number of nitrogens with zero attached hydrogens (tertiary/aromatic N) is 1. The van der Waals surface area contributed by atoms with Crippen LogP contribution in [0, 0.1) is 0 Å². The molecule has 6 nitrogen and oxygen atoms in total. The topological polar surface area (TPSA) is 75.3 Å². The van der Waals surface area contributed by atoms with Gasteiger partial charge in [-0.2, -0.15) is 0 Å². The molecule has 0 aliphatic rings. The smallest absolute Gasteiger partial charge is 0.337 e. The number of aromatic nitrogens is 1. The Labute approximate surface area is 152 Å². The molecule has 2 aromatic carbocycles. The van der Waals surface area contributed by atoms with Crippen molar-refractivity contribution in [1.29, 1.82) is 0 Å². The quantitative estimate of drug-likeness (QED) is 0.570. The Hall–Kier alpha value is -3.54. The minimum atomic E-state index is -0.338. The fraction of sp³-hybridized carbons (Fsp3) is 0.100. The van der Waals surface area contributed by atoms with Crippen LogP contribution in [0.5, 0.6) is 11.5 Å². The molecule has 3 N–H and O–H groups in total. The number of carbonyl (C=O) groups excluding carboxylic acids is 1. The first-order valence-electron chi connectivity index (χ1n) is 8.33. The highest BCUT2D eigenvalue weighted by atomic mass is 16.5. The van der Waals surface area contributed by atoms with Crippen LogP contribution in [0.3, 0.4) is 0 Å². The highest BCUT2D eigenvalue weighted by Crippen LogP contribution is 2.22. The molecule has 1 aromatic heterocycles. The Morgan fingerprint density at radius 3 is 2.42 bits per heavy atom. The van der Waals surface area contributed by atoms with Gasteiger partial charge >= 0.3 is 6.03 Å². The number of nitrogens with one attached hydrogen (secondary N) is 3. The fourth-order valence-electron chi connectivity index (χ4n) is 2.31. The summed E-state index contributed by atoms with van der Waals surface area (Å²) in [6, 6.07) is 18.2. The highest BCUT2D eigenvalue weighted by molar-refractivity contribution is 5.90. The van der Waals surface area contributed by atoms with Crippen LogP contribution in [-0.4, -0.2) is 11.0 Å². The number of pyridine rings is 1. The number of anilines is 2. The lowest BCUT2D eigenvalue weighted by molar-refractivity contribution is 0.254. The second-order valence-electron chi connectivity index (χ2n) is 5.57. The molecule has 26 heavy (non-hydrogen) atoms. The molecule has 0 bridgehead atoms. The van der Waals surface area contributed by atoms with Gasteiger partial charge in [-0.25, -0.2) is 4.79 Å². The van der Waals surface area contributed by atoms with Gasteiger partial charge in [0, 0.05) is 18.1 Å². The van der Waals surface area contributed by atoms with Crippen molar-refractivity contribution in [3.05, 3.63) is 78.6 Å². The Balaban J connectivity index is 1.50. The van der Waals surface area contributed by atoms with Crippen molar-refractivity contribution in [2.75, 3.05) is 10.7 Å². The molecule has 132 valence electrons. The lowest BCUT2D eigenvalue weighted by Crippen LogP contribution is -2.33. The number of amides is 2. The maximum absolute atomic E-state index is 12.0. The van der Waals surface area contributed by atoms with Crippen molar-refractivity contribution in [3.63, 3.8) is 0 Å². The van der Waals surface area contributed by atoms with E-state index in [-0.39, 0.29) is 6.03 Å². The molecule has 1 heterocycles. The Bertz CT molecular complexity index is 851. The summed E-state index contributed by atoms with van der Waals surface area (Å²) in [6.07, 6.45) is 4.26. The predicted molar refractivity (Wildman–Crippen MR) is 102 cm³/mol. The van der Waals surface area contributed by atoms with Gasteiger partial charge in [0.15, 0.2) is 0 Å². The van der Waals surface area contributed by atoms with Crippen molar-refractivity contribution in [1.82, 2.24) is 10.4 Å². The van der Waals surface area contributed by atoms with Crippen LogP contribution in [0.25, 0.3) is 0 Å². The van der Waals surface area contributed by atoms with Gasteiger partial charge in [0.2, 0.25) is 0 Å². The van der Waals surface area contributed by atoms with Gasteiger partial charge < -0.3 is 10.1 Å². The molecular weight excluding hydrogens is 328 g/mol. The largest absolute Gasteiger partial charge is 0.457 e. The molecule has 0 aliphatic heterocycles. The number of urea groups is 1. The van der Waals surface area contributed by atoms with E-state index in [2.05, 4.69) is 28.1 Å². The van der Waals surface area contributed by atoms with E-state index in [1.54, 1.807) is 24.5 Å². The number of hydrogen-bond acceptors (Lipinski definition) is 4. The molecule has 2 amide bonds. The third-order valence-electron chi connectivity index (χ3n) is 3.65. The molecule has 3 rings (SSSR count). The average molecular weight is 348 g/mol. The number of aryl methyl sites for hydroxylation is 1. The second kappa shape index (κ2) is 8.53. The van der Waals surface area contributed by atoms with Gasteiger partial charge in [-0.3, -0.25) is 15.8 Å². The van der Waals surface area contributed by atoms with Gasteiger partial charge in [-0.05, 0) is 60.5 Å². The second-order valence-corrected chi connectivity index (χ2v) is 5.57. The molecule has 3 aromatic rings. The highest BCUT2D eigenvalue weighted by Gasteiger charge is 2.02. The van der Waals surface area contributed by atoms with Crippen LogP contribution >= 0.6 is 0 Å². The van der Waals surface area contributed by atoms with Crippen LogP contribution in [0.1, 0.15) is 12.5 Å². The zero-order valence-electron chi connectivity index (χ0n) is 14.4. The van der Waals surface area contributed by atoms with Gasteiger partial charge in [-0.15, -0.1) is 0 Å². The van der Waals surface area contributed by atoms with Crippen molar-refractivity contribution < 1.29 is 9.53 Å². The van der Waals surface area contributed by atoms with Crippen LogP contribution in [0.2, 0.25) is 0 Å². The van der Waals surface area contributed by atoms with Crippen molar-refractivity contribution in [3.8, 4) is 11.5 Å². The SMILES string of the molecule is CCc1cccc(NC(=O)NNc2ccc(Oc3ccncc3)cc2)c1. The first kappa shape index (κ1) is 17.3. The number of rotatable bonds is 6. The average Bonchev–Trinajstić information content (AvgIpc) is 2.68. The lowest BCUT2D eigenvalue weighted by atomic mass is 10.1. The standard InChI is InChI=1S/C20H20N4O2/c1-2-15-4-3-5-17(14-15)22-20(25)24-23-16-6-8-18(9-7-16)26-19-10-12-21-13-11-19/h3-14,23H,2H2,1H3,(H2,22,24,25). The van der Waals surface area contributed by atoms with E-state index < -0.39 is 0 Å². The summed E-state index contributed by atoms with van der Waals surface area (Å²) in [4.78, 5) is 15.9. The van der Waals surface area contributed by atoms with E-state index >= 15 is 0 Å². The van der Waals surface area contributed by atoms with E-state index in [1.165, 1.54) is 5.56 Å². The molecule has 0 saturated carbocycles. The molecule has 0 spiro atoms. The molecule has 0 aliphatic carbocycles. The van der Waals surface area contributed by atoms with Crippen molar-refractivity contribution >= 4 is 17.4 Å². The summed E-state index contributed by atoms with van der Waals surface area (Å²) >= 11 is 0. The number of carbonyl (C=O) groups is 1. The lowest BCUT2D eigenvalue weighted by Gasteiger charge is -2.11. The molecule has 0 unspecified atom stereocenters. The summed E-state index contributed by atoms with van der Waals surface area (Å²) in [5, 5.41) is 2.79. The molecular formula is C20H20N4O2. The minimum absolute atomic E-state index is 0.338. The number of hydrogen-bond donors (Lipinski definition) is 3. The van der Waals surface area contributed by atoms with Crippen LogP contribution in [0.15, 0.2) is 73.1 Å². The number of hydrazine groups is 1. The summed E-state index contributed by atoms with van der Waals surface area (Å²) in [5.74, 6) is 1.41. The van der Waals surface area contributed by atoms with Gasteiger partial charge in [-0.1, -0.05) is 19.1 Å². The Morgan fingerprint density at radius 2 is 1.69 bits per heavy atom. The number of ether oxygens (including phenoxy) is 1. The van der Waals surface area contributed by atoms with Gasteiger partial charge in [0.1, 0.15) is 11.5 Å². The predicted octanol–water partition coefficient (Wildman–Crippen LogP) is 4.58. The van der Waals surface area contributed by atoms with Gasteiger partial charge in [0.25, 0.3) is 0 Å². The maximum atomic E-state index is 12.0. The molecule has 0 atom stereocenters. The van der Waals surface area contributed by atoms with E-state index in [9.17, 15) is 4.79 Å². The summed E-state index contributed by atoms with van der Waals surface area (Å²) in [6.45, 7) is 2.07. The zero-order valence-corrected chi connectivity index (χ0v) is 14.4. The Kier molecular flexibility index (Phi) is 5.67. The maximum Gasteiger partial charge on any atom is 0.337 e. The molecule has 0 fully saturated rings. The minimum Gasteiger partial charge on any atom is -0.457 e. The summed E-state index contributed by atoms with van der Waals surface area (Å²) in [7, 11) is 0. The fourth-order valence-corrected chi connectivity index (χ4v) is 2.31. The van der Waals surface area contributed by atoms with E-state index in [1.807, 2.05) is 48.5 Å². The first-order valence-corrected chi connectivity index (χ1v) is 8.33. The summed E-state index contributed by atoms with van der Waals surface area (Å²) in [5.41, 5.74) is 8.12. The van der Waals surface area contributed by atoms with Gasteiger partial charge in [0.05, 0.1) is 5.69 Å². The normalized spacial score (nSPS) is 10.0. The first-order chi connectivity index (χ1) is 12.7. The van der Waals surface area contributed by atoms with Crippen molar-refractivity contribution in [2.24, 2.45) is 0 Å². The molecule has 0 saturated heterocycles. The zero-order chi connectivity index (χ0) is 18.2. The van der Waals surface area contributed by atoms with E-state index in [0.717, 1.165) is 17.8 Å². The third kappa shape index (κ3) is 4.98. The third-order valence-corrected chi connectivity index (χ3v) is 3.65. The van der Waals surface area contributed by atoms with Crippen LogP contribution in [0.4, 0.5) is 16.2 Å². The Morgan fingerprint density at radius 1 is 0.962 bits per heavy atom. The molecule has 6 heteroatoms. The molecule has 0 radical (unpaired) electrons. The number of benzene rings is 2. The van der Waals surface area contributed by atoms with E-state index in [4.69, 9.17) is 4.74 Å². The monoisotopic (exact) mass is 348 g/mol. The summed E-state index contributed by atoms with van der Waals surface area (Å²) < 4.78 is 5.69. The van der Waals surface area contributed by atoms with Crippen LogP contribution in [-0.2, 0) is 6.42 Å². The van der Waals surface area contributed by atoms with E-state index in [0.29, 0.717) is 11.5 Å². The van der Waals surface area contributed by atoms with Crippen molar-refractivity contribution in [2.45, 2.75) is 13.3 Å².